The molecule has 35 heavy (non-hydrogen) atoms. The smallest absolute Gasteiger partial charge is 0.253 e. The maximum Gasteiger partial charge on any atom is 0.253 e. The van der Waals surface area contributed by atoms with Gasteiger partial charge in [0, 0.05) is 30.9 Å². The Hall–Kier alpha value is -2.60. The Kier molecular flexibility index (Phi) is 5.27. The lowest BCUT2D eigenvalue weighted by atomic mass is 9.77. The van der Waals surface area contributed by atoms with E-state index < -0.39 is 0 Å². The Labute approximate surface area is 207 Å². The van der Waals surface area contributed by atoms with Gasteiger partial charge in [0.1, 0.15) is 18.2 Å². The minimum atomic E-state index is -0.0650. The van der Waals surface area contributed by atoms with E-state index in [0.717, 1.165) is 60.3 Å². The van der Waals surface area contributed by atoms with Gasteiger partial charge >= 0.3 is 0 Å². The molecule has 0 saturated carbocycles. The lowest BCUT2D eigenvalue weighted by molar-refractivity contribution is 0.0915. The van der Waals surface area contributed by atoms with E-state index in [-0.39, 0.29) is 11.9 Å². The molecule has 4 unspecified atom stereocenters. The van der Waals surface area contributed by atoms with Crippen molar-refractivity contribution in [3.63, 3.8) is 0 Å². The first-order valence-electron chi connectivity index (χ1n) is 13.7. The number of ether oxygens (including phenoxy) is 1. The molecule has 5 aliphatic rings. The van der Waals surface area contributed by atoms with E-state index in [0.29, 0.717) is 18.2 Å². The van der Waals surface area contributed by atoms with Crippen molar-refractivity contribution in [2.75, 3.05) is 18.5 Å². The molecular weight excluding hydrogens is 436 g/mol. The van der Waals surface area contributed by atoms with Crippen LogP contribution in [0.1, 0.15) is 66.1 Å². The summed E-state index contributed by atoms with van der Waals surface area (Å²) in [7, 11) is 0. The van der Waals surface area contributed by atoms with E-state index >= 15 is 0 Å². The zero-order valence-corrected chi connectivity index (χ0v) is 20.6. The molecule has 0 spiro atoms. The molecule has 0 radical (unpaired) electrons. The lowest BCUT2D eigenvalue weighted by Gasteiger charge is -2.35. The first kappa shape index (κ1) is 21.7. The number of carbonyl (C=O) groups is 1. The quantitative estimate of drug-likeness (QED) is 0.705. The van der Waals surface area contributed by atoms with Crippen LogP contribution in [-0.4, -0.2) is 53.1 Å². The second-order valence-corrected chi connectivity index (χ2v) is 11.7. The summed E-state index contributed by atoms with van der Waals surface area (Å²) in [5.74, 6) is 3.56. The van der Waals surface area contributed by atoms with Crippen LogP contribution in [0.15, 0.2) is 30.5 Å². The molecule has 1 amide bonds. The number of nitrogens with zero attached hydrogens (tertiary/aromatic N) is 2. The molecule has 6 atom stereocenters. The molecule has 6 heteroatoms. The van der Waals surface area contributed by atoms with Crippen molar-refractivity contribution < 1.29 is 9.53 Å². The number of aryl methyl sites for hydroxylation is 1. The molecule has 1 aromatic carbocycles. The number of fused-ring (bicyclic) bond motifs is 3. The fraction of sp³-hybridized carbons (Fsp3) is 0.586. The summed E-state index contributed by atoms with van der Waals surface area (Å²) in [4.78, 5) is 20.2. The number of anilines is 1. The number of rotatable bonds is 4. The molecule has 7 rings (SSSR count). The van der Waals surface area contributed by atoms with Crippen molar-refractivity contribution in [1.82, 2.24) is 15.2 Å². The van der Waals surface area contributed by atoms with E-state index in [1.807, 2.05) is 6.07 Å². The van der Waals surface area contributed by atoms with E-state index in [2.05, 4.69) is 45.6 Å². The molecule has 6 heterocycles. The topological polar surface area (TPSA) is 66.5 Å². The van der Waals surface area contributed by atoms with Gasteiger partial charge in [-0.2, -0.15) is 0 Å². The molecule has 2 N–H and O–H groups in total. The van der Waals surface area contributed by atoms with Crippen molar-refractivity contribution in [3.8, 4) is 5.75 Å². The average Bonchev–Trinajstić information content (AvgIpc) is 3.42. The van der Waals surface area contributed by atoms with Crippen molar-refractivity contribution in [3.05, 3.63) is 52.7 Å². The number of hydrogen-bond acceptors (Lipinski definition) is 5. The van der Waals surface area contributed by atoms with Crippen LogP contribution in [0.2, 0.25) is 0 Å². The summed E-state index contributed by atoms with van der Waals surface area (Å²) in [6.07, 6.45) is 11.3. The number of hydrogen-bond donors (Lipinski definition) is 2. The molecule has 0 aliphatic carbocycles. The highest BCUT2D eigenvalue weighted by Crippen LogP contribution is 2.47. The number of pyridine rings is 1. The van der Waals surface area contributed by atoms with Gasteiger partial charge in [0.15, 0.2) is 0 Å². The maximum absolute atomic E-state index is 12.9. The molecule has 2 bridgehead atoms. The van der Waals surface area contributed by atoms with E-state index in [9.17, 15) is 4.79 Å². The number of nitrogens with one attached hydrogen (secondary N) is 2. The van der Waals surface area contributed by atoms with Gasteiger partial charge in [0.05, 0.1) is 11.6 Å². The largest absolute Gasteiger partial charge is 0.491 e. The Balaban J connectivity index is 0.986. The number of benzene rings is 1. The molecule has 3 saturated heterocycles. The zero-order chi connectivity index (χ0) is 23.5. The van der Waals surface area contributed by atoms with Crippen LogP contribution in [0.3, 0.4) is 0 Å². The predicted octanol–water partition coefficient (Wildman–Crippen LogP) is 3.98. The van der Waals surface area contributed by atoms with Gasteiger partial charge in [0.2, 0.25) is 0 Å². The highest BCUT2D eigenvalue weighted by atomic mass is 16.5. The number of aromatic nitrogens is 1. The van der Waals surface area contributed by atoms with Crippen molar-refractivity contribution in [2.24, 2.45) is 11.8 Å². The average molecular weight is 473 g/mol. The number of piperidine rings is 1. The summed E-state index contributed by atoms with van der Waals surface area (Å²) in [6.45, 7) is 4.01. The van der Waals surface area contributed by atoms with Crippen LogP contribution < -0.4 is 15.4 Å². The molecule has 1 aromatic heterocycles. The monoisotopic (exact) mass is 472 g/mol. The fourth-order valence-corrected chi connectivity index (χ4v) is 7.49. The van der Waals surface area contributed by atoms with Gasteiger partial charge in [-0.05, 0) is 98.9 Å². The first-order chi connectivity index (χ1) is 17.1. The first-order valence-corrected chi connectivity index (χ1v) is 13.7. The SMILES string of the molecule is C[C@@H]1CCc2cc(C(=O)N[C@H]3COc4cc(CC5CC6CCC7CC5CN67)ccc4C3)cnc2N1. The minimum Gasteiger partial charge on any atom is -0.491 e. The molecule has 6 nitrogen and oxygen atoms in total. The van der Waals surface area contributed by atoms with Gasteiger partial charge in [-0.15, -0.1) is 0 Å². The molecule has 2 aromatic rings. The Morgan fingerprint density at radius 2 is 2.06 bits per heavy atom. The van der Waals surface area contributed by atoms with Gasteiger partial charge in [-0.25, -0.2) is 4.98 Å². The van der Waals surface area contributed by atoms with Gasteiger partial charge in [-0.1, -0.05) is 12.1 Å². The van der Waals surface area contributed by atoms with Crippen LogP contribution in [0, 0.1) is 11.8 Å². The van der Waals surface area contributed by atoms with Crippen molar-refractivity contribution >= 4 is 11.7 Å². The van der Waals surface area contributed by atoms with Crippen molar-refractivity contribution in [2.45, 2.75) is 82.5 Å². The third kappa shape index (κ3) is 4.00. The van der Waals surface area contributed by atoms with Crippen LogP contribution in [0.25, 0.3) is 0 Å². The Morgan fingerprint density at radius 1 is 1.17 bits per heavy atom. The minimum absolute atomic E-state index is 0.0200. The Morgan fingerprint density at radius 3 is 2.97 bits per heavy atom. The molecule has 184 valence electrons. The number of carbonyl (C=O) groups excluding carboxylic acids is 1. The van der Waals surface area contributed by atoms with Crippen LogP contribution in [0.4, 0.5) is 5.82 Å². The number of amides is 1. The van der Waals surface area contributed by atoms with Crippen LogP contribution in [0.5, 0.6) is 5.75 Å². The van der Waals surface area contributed by atoms with Crippen LogP contribution >= 0.6 is 0 Å². The molecule has 3 fully saturated rings. The standard InChI is InChI=1S/C29H36N4O2/c1-17-2-4-20-10-22(14-30-28(20)31-17)29(34)32-24-11-19-5-3-18(9-27(19)35-16-24)8-21-12-25-6-7-26-13-23(21)15-33(25)26/h3,5,9-10,14,17,21,23-26H,2,4,6-8,11-13,15-16H2,1H3,(H,30,31)(H,32,34)/t17-,21?,23?,24-,25?,26?/m1/s1. The van der Waals surface area contributed by atoms with E-state index in [1.54, 1.807) is 6.20 Å². The third-order valence-corrected chi connectivity index (χ3v) is 9.36. The van der Waals surface area contributed by atoms with Crippen molar-refractivity contribution in [1.29, 1.82) is 0 Å². The van der Waals surface area contributed by atoms with Gasteiger partial charge in [-0.3, -0.25) is 9.69 Å². The molecule has 5 aliphatic heterocycles. The fourth-order valence-electron chi connectivity index (χ4n) is 7.49. The molecular formula is C29H36N4O2. The highest BCUT2D eigenvalue weighted by Gasteiger charge is 2.48. The Bertz CT molecular complexity index is 1150. The van der Waals surface area contributed by atoms with Crippen LogP contribution in [-0.2, 0) is 19.3 Å². The summed E-state index contributed by atoms with van der Waals surface area (Å²) >= 11 is 0. The third-order valence-electron chi connectivity index (χ3n) is 9.36. The highest BCUT2D eigenvalue weighted by molar-refractivity contribution is 5.94. The van der Waals surface area contributed by atoms with E-state index in [1.165, 1.54) is 49.8 Å². The second kappa shape index (κ2) is 8.51. The maximum atomic E-state index is 12.9. The zero-order valence-electron chi connectivity index (χ0n) is 20.6. The van der Waals surface area contributed by atoms with Gasteiger partial charge in [0.25, 0.3) is 5.91 Å². The summed E-state index contributed by atoms with van der Waals surface area (Å²) < 4.78 is 6.17. The second-order valence-electron chi connectivity index (χ2n) is 11.7. The lowest BCUT2D eigenvalue weighted by Crippen LogP contribution is -2.43. The van der Waals surface area contributed by atoms with E-state index in [4.69, 9.17) is 4.74 Å². The van der Waals surface area contributed by atoms with Gasteiger partial charge < -0.3 is 15.4 Å². The summed E-state index contributed by atoms with van der Waals surface area (Å²) in [5, 5.41) is 6.57. The summed E-state index contributed by atoms with van der Waals surface area (Å²) in [6, 6.07) is 10.9. The summed E-state index contributed by atoms with van der Waals surface area (Å²) in [5.41, 5.74) is 4.37. The predicted molar refractivity (Wildman–Crippen MR) is 136 cm³/mol. The normalized spacial score (nSPS) is 32.8.